The van der Waals surface area contributed by atoms with Crippen LogP contribution in [0.3, 0.4) is 0 Å². The van der Waals surface area contributed by atoms with Crippen LogP contribution in [0.1, 0.15) is 22.8 Å². The van der Waals surface area contributed by atoms with Crippen LogP contribution in [0.2, 0.25) is 0 Å². The van der Waals surface area contributed by atoms with Crippen LogP contribution >= 0.6 is 0 Å². The fourth-order valence-corrected chi connectivity index (χ4v) is 1.19. The molecule has 0 amide bonds. The summed E-state index contributed by atoms with van der Waals surface area (Å²) >= 11 is 0. The lowest BCUT2D eigenvalue weighted by Crippen LogP contribution is -1.97. The van der Waals surface area contributed by atoms with Crippen molar-refractivity contribution in [1.82, 2.24) is 0 Å². The molecular formula is C11H12FNO. The normalized spacial score (nSPS) is 10.8. The summed E-state index contributed by atoms with van der Waals surface area (Å²) < 4.78 is 12.9. The zero-order valence-corrected chi connectivity index (χ0v) is 7.96. The molecule has 0 aromatic heterocycles. The van der Waals surface area contributed by atoms with Crippen molar-refractivity contribution in [2.45, 2.75) is 6.92 Å². The predicted octanol–water partition coefficient (Wildman–Crippen LogP) is 2.00. The van der Waals surface area contributed by atoms with E-state index in [2.05, 4.69) is 0 Å². The van der Waals surface area contributed by atoms with Crippen molar-refractivity contribution < 1.29 is 9.18 Å². The van der Waals surface area contributed by atoms with Crippen molar-refractivity contribution >= 4 is 11.9 Å². The van der Waals surface area contributed by atoms with Gasteiger partial charge in [-0.15, -0.1) is 0 Å². The van der Waals surface area contributed by atoms with Gasteiger partial charge in [0.25, 0.3) is 0 Å². The van der Waals surface area contributed by atoms with Crippen molar-refractivity contribution in [2.24, 2.45) is 5.73 Å². The van der Waals surface area contributed by atoms with E-state index in [9.17, 15) is 9.18 Å². The summed E-state index contributed by atoms with van der Waals surface area (Å²) in [5.74, 6) is -0.437. The first-order chi connectivity index (χ1) is 6.65. The predicted molar refractivity (Wildman–Crippen MR) is 54.5 cm³/mol. The summed E-state index contributed by atoms with van der Waals surface area (Å²) in [6, 6.07) is 4.08. The van der Waals surface area contributed by atoms with E-state index in [-0.39, 0.29) is 11.6 Å². The zero-order valence-electron chi connectivity index (χ0n) is 7.96. The molecule has 14 heavy (non-hydrogen) atoms. The van der Waals surface area contributed by atoms with Crippen molar-refractivity contribution in [1.29, 1.82) is 0 Å². The summed E-state index contributed by atoms with van der Waals surface area (Å²) in [6.07, 6.45) is 3.33. The number of Topliss-reactive ketones (excluding diaryl/α,β-unsaturated/α-hetero) is 1. The minimum absolute atomic E-state index is 0.0818. The topological polar surface area (TPSA) is 43.1 Å². The van der Waals surface area contributed by atoms with Gasteiger partial charge >= 0.3 is 0 Å². The molecule has 1 aromatic carbocycles. The summed E-state index contributed by atoms with van der Waals surface area (Å²) in [5.41, 5.74) is 6.36. The third-order valence-electron chi connectivity index (χ3n) is 1.83. The zero-order chi connectivity index (χ0) is 10.6. The highest BCUT2D eigenvalue weighted by atomic mass is 19.1. The lowest BCUT2D eigenvalue weighted by molar-refractivity contribution is 0.101. The van der Waals surface area contributed by atoms with Gasteiger partial charge in [-0.2, -0.15) is 0 Å². The molecule has 1 rings (SSSR count). The van der Waals surface area contributed by atoms with Gasteiger partial charge in [0.15, 0.2) is 5.78 Å². The molecular weight excluding hydrogens is 181 g/mol. The van der Waals surface area contributed by atoms with E-state index in [1.807, 2.05) is 0 Å². The average molecular weight is 193 g/mol. The number of carbonyl (C=O) groups excluding carboxylic acids is 1. The maximum Gasteiger partial charge on any atom is 0.160 e. The Morgan fingerprint density at radius 1 is 1.57 bits per heavy atom. The smallest absolute Gasteiger partial charge is 0.160 e. The molecule has 0 atom stereocenters. The van der Waals surface area contributed by atoms with Crippen LogP contribution in [0.5, 0.6) is 0 Å². The van der Waals surface area contributed by atoms with E-state index in [1.54, 1.807) is 12.2 Å². The van der Waals surface area contributed by atoms with Crippen LogP contribution in [0, 0.1) is 5.82 Å². The summed E-state index contributed by atoms with van der Waals surface area (Å²) in [6.45, 7) is 1.82. The number of hydrogen-bond acceptors (Lipinski definition) is 2. The molecule has 1 aromatic rings. The highest BCUT2D eigenvalue weighted by Gasteiger charge is 2.05. The van der Waals surface area contributed by atoms with Crippen LogP contribution in [0.25, 0.3) is 6.08 Å². The Morgan fingerprint density at radius 2 is 2.29 bits per heavy atom. The van der Waals surface area contributed by atoms with Gasteiger partial charge in [0.2, 0.25) is 0 Å². The van der Waals surface area contributed by atoms with Crippen molar-refractivity contribution in [3.8, 4) is 0 Å². The second-order valence-corrected chi connectivity index (χ2v) is 2.93. The Bertz CT molecular complexity index is 372. The molecule has 0 spiro atoms. The number of hydrogen-bond donors (Lipinski definition) is 1. The average Bonchev–Trinajstić information content (AvgIpc) is 2.14. The molecule has 0 fully saturated rings. The summed E-state index contributed by atoms with van der Waals surface area (Å²) in [4.78, 5) is 11.2. The van der Waals surface area contributed by atoms with Gasteiger partial charge in [-0.1, -0.05) is 12.2 Å². The molecule has 0 aliphatic heterocycles. The van der Waals surface area contributed by atoms with E-state index in [0.29, 0.717) is 17.7 Å². The van der Waals surface area contributed by atoms with Gasteiger partial charge < -0.3 is 5.73 Å². The number of ketones is 1. The standard InChI is InChI=1S/C11H12FNO/c1-8(14)11-5-4-10(12)7-9(11)3-2-6-13/h2-5,7H,6,13H2,1H3. The molecule has 2 nitrogen and oxygen atoms in total. The molecule has 0 aliphatic rings. The Morgan fingerprint density at radius 3 is 2.86 bits per heavy atom. The molecule has 0 saturated heterocycles. The first-order valence-corrected chi connectivity index (χ1v) is 4.32. The molecule has 0 aliphatic carbocycles. The fourth-order valence-electron chi connectivity index (χ4n) is 1.19. The molecule has 0 saturated carbocycles. The van der Waals surface area contributed by atoms with Gasteiger partial charge in [-0.3, -0.25) is 4.79 Å². The minimum atomic E-state index is -0.355. The Labute approximate surface area is 82.2 Å². The quantitative estimate of drug-likeness (QED) is 0.746. The van der Waals surface area contributed by atoms with Gasteiger partial charge in [-0.25, -0.2) is 4.39 Å². The number of rotatable bonds is 3. The van der Waals surface area contributed by atoms with Crippen LogP contribution in [-0.4, -0.2) is 12.3 Å². The second kappa shape index (κ2) is 4.67. The molecule has 74 valence electrons. The maximum atomic E-state index is 12.9. The van der Waals surface area contributed by atoms with Gasteiger partial charge in [0.05, 0.1) is 0 Å². The summed E-state index contributed by atoms with van der Waals surface area (Å²) in [5, 5.41) is 0. The lowest BCUT2D eigenvalue weighted by Gasteiger charge is -2.01. The van der Waals surface area contributed by atoms with Gasteiger partial charge in [-0.05, 0) is 30.7 Å². The molecule has 3 heteroatoms. The Kier molecular flexibility index (Phi) is 3.54. The monoisotopic (exact) mass is 193 g/mol. The van der Waals surface area contributed by atoms with E-state index in [4.69, 9.17) is 5.73 Å². The first kappa shape index (κ1) is 10.6. The molecule has 0 bridgehead atoms. The highest BCUT2D eigenvalue weighted by molar-refractivity contribution is 5.97. The van der Waals surface area contributed by atoms with E-state index >= 15 is 0 Å². The summed E-state index contributed by atoms with van der Waals surface area (Å²) in [7, 11) is 0. The van der Waals surface area contributed by atoms with Crippen molar-refractivity contribution in [3.05, 3.63) is 41.2 Å². The number of carbonyl (C=O) groups is 1. The van der Waals surface area contributed by atoms with Gasteiger partial charge in [0.1, 0.15) is 5.82 Å². The van der Waals surface area contributed by atoms with Crippen molar-refractivity contribution in [2.75, 3.05) is 6.54 Å². The number of benzene rings is 1. The largest absolute Gasteiger partial charge is 0.327 e. The Balaban J connectivity index is 3.15. The number of nitrogens with two attached hydrogens (primary N) is 1. The molecule has 0 unspecified atom stereocenters. The SMILES string of the molecule is CC(=O)c1ccc(F)cc1C=CCN. The van der Waals surface area contributed by atoms with E-state index < -0.39 is 0 Å². The fraction of sp³-hybridized carbons (Fsp3) is 0.182. The van der Waals surface area contributed by atoms with Crippen LogP contribution in [-0.2, 0) is 0 Å². The van der Waals surface area contributed by atoms with E-state index in [1.165, 1.54) is 25.1 Å². The van der Waals surface area contributed by atoms with Crippen molar-refractivity contribution in [3.63, 3.8) is 0 Å². The third-order valence-corrected chi connectivity index (χ3v) is 1.83. The Hall–Kier alpha value is -1.48. The second-order valence-electron chi connectivity index (χ2n) is 2.93. The molecule has 0 heterocycles. The molecule has 2 N–H and O–H groups in total. The minimum Gasteiger partial charge on any atom is -0.327 e. The van der Waals surface area contributed by atoms with E-state index in [0.717, 1.165) is 0 Å². The first-order valence-electron chi connectivity index (χ1n) is 4.32. The van der Waals surface area contributed by atoms with Crippen LogP contribution in [0.4, 0.5) is 4.39 Å². The van der Waals surface area contributed by atoms with Gasteiger partial charge in [0, 0.05) is 12.1 Å². The maximum absolute atomic E-state index is 12.9. The van der Waals surface area contributed by atoms with Crippen LogP contribution in [0.15, 0.2) is 24.3 Å². The number of halogens is 1. The lowest BCUT2D eigenvalue weighted by atomic mass is 10.0. The highest BCUT2D eigenvalue weighted by Crippen LogP contribution is 2.13. The third kappa shape index (κ3) is 2.50. The van der Waals surface area contributed by atoms with Crippen LogP contribution < -0.4 is 5.73 Å². The molecule has 0 radical (unpaired) electrons.